The molecule has 3 rings (SSSR count). The molecule has 28 heavy (non-hydrogen) atoms. The van der Waals surface area contributed by atoms with Crippen molar-refractivity contribution in [1.29, 1.82) is 0 Å². The molecule has 2 bridgehead atoms. The first-order valence-corrected chi connectivity index (χ1v) is 10.7. The molecule has 3 unspecified atom stereocenters. The summed E-state index contributed by atoms with van der Waals surface area (Å²) in [5, 5.41) is 22.9. The Morgan fingerprint density at radius 1 is 1.18 bits per heavy atom. The minimum absolute atomic E-state index is 0.0249. The lowest BCUT2D eigenvalue weighted by molar-refractivity contribution is -0.199. The van der Waals surface area contributed by atoms with Gasteiger partial charge in [0.25, 0.3) is 0 Å². The van der Waals surface area contributed by atoms with E-state index >= 15 is 0 Å². The van der Waals surface area contributed by atoms with Crippen molar-refractivity contribution in [3.63, 3.8) is 0 Å². The zero-order valence-electron chi connectivity index (χ0n) is 17.5. The minimum Gasteiger partial charge on any atom is -0.465 e. The molecular weight excluding hydrogens is 358 g/mol. The number of rotatable bonds is 4. The number of esters is 1. The van der Waals surface area contributed by atoms with E-state index in [1.165, 1.54) is 0 Å². The van der Waals surface area contributed by atoms with Gasteiger partial charge >= 0.3 is 5.97 Å². The SMILES string of the molecule is CCOC(=O)[C@]12CCC[C@H](CN(CC)C1)C2(O)C#CC1(O)CCCC(OC)C1. The van der Waals surface area contributed by atoms with Gasteiger partial charge in [-0.05, 0) is 45.6 Å². The molecule has 3 aliphatic rings. The van der Waals surface area contributed by atoms with Crippen LogP contribution in [0.15, 0.2) is 0 Å². The molecule has 0 aromatic heterocycles. The molecule has 0 aromatic carbocycles. The van der Waals surface area contributed by atoms with Crippen molar-refractivity contribution in [2.45, 2.75) is 76.1 Å². The Hall–Kier alpha value is -1.13. The van der Waals surface area contributed by atoms with E-state index in [0.717, 1.165) is 32.2 Å². The first-order chi connectivity index (χ1) is 13.3. The van der Waals surface area contributed by atoms with Gasteiger partial charge in [0.05, 0.1) is 12.7 Å². The van der Waals surface area contributed by atoms with Crippen LogP contribution in [0.2, 0.25) is 0 Å². The maximum Gasteiger partial charge on any atom is 0.317 e. The molecule has 2 saturated carbocycles. The summed E-state index contributed by atoms with van der Waals surface area (Å²) in [6, 6.07) is 0. The quantitative estimate of drug-likeness (QED) is 0.559. The number of ether oxygens (including phenoxy) is 2. The van der Waals surface area contributed by atoms with Crippen molar-refractivity contribution < 1.29 is 24.5 Å². The molecule has 158 valence electrons. The topological polar surface area (TPSA) is 79.2 Å². The number of methoxy groups -OCH3 is 1. The van der Waals surface area contributed by atoms with Crippen molar-refractivity contribution in [3.05, 3.63) is 0 Å². The number of nitrogens with zero attached hydrogens (tertiary/aromatic N) is 1. The fourth-order valence-electron chi connectivity index (χ4n) is 5.40. The largest absolute Gasteiger partial charge is 0.465 e. The van der Waals surface area contributed by atoms with Crippen molar-refractivity contribution in [3.8, 4) is 11.8 Å². The maximum absolute atomic E-state index is 13.1. The first-order valence-electron chi connectivity index (χ1n) is 10.7. The molecule has 0 amide bonds. The van der Waals surface area contributed by atoms with E-state index < -0.39 is 16.6 Å². The van der Waals surface area contributed by atoms with Crippen molar-refractivity contribution in [1.82, 2.24) is 4.90 Å². The minimum atomic E-state index is -1.47. The van der Waals surface area contributed by atoms with Crippen LogP contribution < -0.4 is 0 Å². The Bertz CT molecular complexity index is 643. The predicted octanol–water partition coefficient (Wildman–Crippen LogP) is 1.73. The fraction of sp³-hybridized carbons (Fsp3) is 0.864. The standard InChI is InChI=1S/C22H35NO5/c1-4-23-15-17-8-6-11-21(16-23,19(24)28-5-2)22(17,26)13-12-20(25)10-7-9-18(14-20)27-3/h17-18,25-26H,4-11,14-16H2,1-3H3/t17-,18?,20?,21+,22?/m1/s1. The summed E-state index contributed by atoms with van der Waals surface area (Å²) in [5.41, 5.74) is -3.71. The number of carbonyl (C=O) groups is 1. The van der Waals surface area contributed by atoms with Gasteiger partial charge in [-0.3, -0.25) is 4.79 Å². The van der Waals surface area contributed by atoms with E-state index in [0.29, 0.717) is 32.4 Å². The molecule has 3 fully saturated rings. The van der Waals surface area contributed by atoms with Gasteiger partial charge < -0.3 is 24.6 Å². The third kappa shape index (κ3) is 3.70. The van der Waals surface area contributed by atoms with Crippen LogP contribution in [-0.4, -0.2) is 71.7 Å². The molecule has 6 nitrogen and oxygen atoms in total. The average molecular weight is 394 g/mol. The third-order valence-electron chi connectivity index (χ3n) is 7.06. The van der Waals surface area contributed by atoms with E-state index in [2.05, 4.69) is 23.7 Å². The molecule has 6 heteroatoms. The van der Waals surface area contributed by atoms with Crippen LogP contribution in [-0.2, 0) is 14.3 Å². The summed E-state index contributed by atoms with van der Waals surface area (Å²) in [4.78, 5) is 15.3. The van der Waals surface area contributed by atoms with Crippen LogP contribution in [0.4, 0.5) is 0 Å². The Kier molecular flexibility index (Phi) is 6.41. The van der Waals surface area contributed by atoms with E-state index in [1.807, 2.05) is 0 Å². The summed E-state index contributed by atoms with van der Waals surface area (Å²) in [6.45, 7) is 6.11. The molecule has 0 aromatic rings. The molecule has 1 aliphatic heterocycles. The number of likely N-dealkylation sites (tertiary alicyclic amines) is 1. The summed E-state index contributed by atoms with van der Waals surface area (Å²) >= 11 is 0. The van der Waals surface area contributed by atoms with Gasteiger partial charge in [0.1, 0.15) is 16.6 Å². The van der Waals surface area contributed by atoms with Gasteiger partial charge in [-0.1, -0.05) is 25.2 Å². The maximum atomic E-state index is 13.1. The Labute approximate surface area is 168 Å². The Balaban J connectivity index is 1.98. The predicted molar refractivity (Wildman–Crippen MR) is 105 cm³/mol. The zero-order valence-corrected chi connectivity index (χ0v) is 17.5. The molecule has 5 atom stereocenters. The first kappa shape index (κ1) is 21.6. The van der Waals surface area contributed by atoms with Gasteiger partial charge in [-0.25, -0.2) is 0 Å². The van der Waals surface area contributed by atoms with Crippen LogP contribution in [0.3, 0.4) is 0 Å². The van der Waals surface area contributed by atoms with E-state index in [4.69, 9.17) is 9.47 Å². The smallest absolute Gasteiger partial charge is 0.317 e. The number of fused-ring (bicyclic) bond motifs is 2. The van der Waals surface area contributed by atoms with Gasteiger partial charge in [0, 0.05) is 32.5 Å². The van der Waals surface area contributed by atoms with Crippen LogP contribution in [0, 0.1) is 23.2 Å². The lowest BCUT2D eigenvalue weighted by Crippen LogP contribution is -2.69. The second-order valence-electron chi connectivity index (χ2n) is 8.72. The highest BCUT2D eigenvalue weighted by atomic mass is 16.5. The van der Waals surface area contributed by atoms with Crippen LogP contribution in [0.25, 0.3) is 0 Å². The highest BCUT2D eigenvalue weighted by Gasteiger charge is 2.64. The van der Waals surface area contributed by atoms with E-state index in [1.54, 1.807) is 14.0 Å². The lowest BCUT2D eigenvalue weighted by atomic mass is 9.55. The third-order valence-corrected chi connectivity index (χ3v) is 7.06. The zero-order chi connectivity index (χ0) is 20.4. The number of hydrogen-bond acceptors (Lipinski definition) is 6. The number of hydrogen-bond donors (Lipinski definition) is 2. The van der Waals surface area contributed by atoms with Crippen molar-refractivity contribution >= 4 is 5.97 Å². The highest BCUT2D eigenvalue weighted by Crippen LogP contribution is 2.52. The van der Waals surface area contributed by atoms with Crippen LogP contribution >= 0.6 is 0 Å². The molecule has 2 N–H and O–H groups in total. The van der Waals surface area contributed by atoms with Gasteiger partial charge in [-0.2, -0.15) is 0 Å². The second kappa shape index (κ2) is 8.31. The monoisotopic (exact) mass is 393 g/mol. The average Bonchev–Trinajstić information content (AvgIpc) is 2.67. The van der Waals surface area contributed by atoms with Crippen molar-refractivity contribution in [2.75, 3.05) is 33.4 Å². The summed E-state index contributed by atoms with van der Waals surface area (Å²) in [6.07, 6.45) is 4.97. The lowest BCUT2D eigenvalue weighted by Gasteiger charge is -2.56. The highest BCUT2D eigenvalue weighted by molar-refractivity contribution is 5.80. The van der Waals surface area contributed by atoms with Gasteiger partial charge in [0.2, 0.25) is 0 Å². The molecular formula is C22H35NO5. The number of aliphatic hydroxyl groups is 2. The Morgan fingerprint density at radius 2 is 1.93 bits per heavy atom. The summed E-state index contributed by atoms with van der Waals surface area (Å²) < 4.78 is 10.8. The summed E-state index contributed by atoms with van der Waals surface area (Å²) in [5.74, 6) is 5.57. The normalized spacial score (nSPS) is 41.0. The Morgan fingerprint density at radius 3 is 2.61 bits per heavy atom. The van der Waals surface area contributed by atoms with Gasteiger partial charge in [-0.15, -0.1) is 0 Å². The molecule has 2 aliphatic carbocycles. The van der Waals surface area contributed by atoms with E-state index in [-0.39, 0.29) is 24.6 Å². The van der Waals surface area contributed by atoms with Crippen LogP contribution in [0.5, 0.6) is 0 Å². The second-order valence-corrected chi connectivity index (χ2v) is 8.72. The summed E-state index contributed by atoms with van der Waals surface area (Å²) in [7, 11) is 1.65. The van der Waals surface area contributed by atoms with E-state index in [9.17, 15) is 15.0 Å². The number of carbonyl (C=O) groups excluding carboxylic acids is 1. The van der Waals surface area contributed by atoms with Gasteiger partial charge in [0.15, 0.2) is 0 Å². The van der Waals surface area contributed by atoms with Crippen LogP contribution in [0.1, 0.15) is 58.8 Å². The molecule has 1 heterocycles. The van der Waals surface area contributed by atoms with Crippen molar-refractivity contribution in [2.24, 2.45) is 11.3 Å². The molecule has 1 saturated heterocycles. The fourth-order valence-corrected chi connectivity index (χ4v) is 5.40. The number of piperidine rings is 1. The molecule has 0 spiro atoms. The molecule has 0 radical (unpaired) electrons.